The molecule has 0 bridgehead atoms. The third-order valence-electron chi connectivity index (χ3n) is 4.85. The highest BCUT2D eigenvalue weighted by Gasteiger charge is 2.17. The molecule has 0 unspecified atom stereocenters. The quantitative estimate of drug-likeness (QED) is 0.592. The van der Waals surface area contributed by atoms with Crippen LogP contribution >= 0.6 is 0 Å². The Morgan fingerprint density at radius 1 is 1.17 bits per heavy atom. The number of benzene rings is 2. The molecule has 0 saturated carbocycles. The Labute approximate surface area is 166 Å². The number of ether oxygens (including phenoxy) is 1. The smallest absolute Gasteiger partial charge is 0.258 e. The van der Waals surface area contributed by atoms with Crippen molar-refractivity contribution in [3.63, 3.8) is 0 Å². The number of fused-ring (bicyclic) bond motifs is 1. The number of carbonyl (C=O) groups is 1. The standard InChI is InChI=1S/C20H21F2N5O2/c21-16-11-17(22)19(23-3-4-27-5-7-29-8-6-27)10-15(16)20(28)25-14-1-2-18-13(9-14)12-24-26-18/h1-2,9-12,23H,3-8H2,(H,24,26)(H,25,28). The number of H-pyrrole nitrogens is 1. The highest BCUT2D eigenvalue weighted by molar-refractivity contribution is 6.05. The maximum atomic E-state index is 14.2. The van der Waals surface area contributed by atoms with Gasteiger partial charge in [0.2, 0.25) is 0 Å². The summed E-state index contributed by atoms with van der Waals surface area (Å²) in [5.41, 5.74) is 1.18. The van der Waals surface area contributed by atoms with Crippen molar-refractivity contribution in [2.24, 2.45) is 0 Å². The molecule has 2 aromatic carbocycles. The van der Waals surface area contributed by atoms with Crippen LogP contribution in [0.25, 0.3) is 10.9 Å². The van der Waals surface area contributed by atoms with Crippen molar-refractivity contribution >= 4 is 28.2 Å². The van der Waals surface area contributed by atoms with Crippen molar-refractivity contribution in [2.45, 2.75) is 0 Å². The summed E-state index contributed by atoms with van der Waals surface area (Å²) in [7, 11) is 0. The van der Waals surface area contributed by atoms with Crippen LogP contribution < -0.4 is 10.6 Å². The fourth-order valence-corrected chi connectivity index (χ4v) is 3.25. The molecule has 0 atom stereocenters. The van der Waals surface area contributed by atoms with Crippen LogP contribution in [0, 0.1) is 11.6 Å². The van der Waals surface area contributed by atoms with E-state index in [-0.39, 0.29) is 11.3 Å². The number of amides is 1. The molecular formula is C20H21F2N5O2. The Hall–Kier alpha value is -3.04. The van der Waals surface area contributed by atoms with Gasteiger partial charge in [0.1, 0.15) is 11.6 Å². The van der Waals surface area contributed by atoms with Crippen molar-refractivity contribution in [3.05, 3.63) is 53.7 Å². The number of nitrogens with zero attached hydrogens (tertiary/aromatic N) is 2. The normalized spacial score (nSPS) is 14.8. The summed E-state index contributed by atoms with van der Waals surface area (Å²) in [6, 6.07) is 7.10. The van der Waals surface area contributed by atoms with Crippen molar-refractivity contribution in [2.75, 3.05) is 50.0 Å². The second-order valence-electron chi connectivity index (χ2n) is 6.82. The molecule has 1 aliphatic heterocycles. The third kappa shape index (κ3) is 4.52. The van der Waals surface area contributed by atoms with Gasteiger partial charge in [-0.1, -0.05) is 0 Å². The summed E-state index contributed by atoms with van der Waals surface area (Å²) in [6.45, 7) is 4.18. The lowest BCUT2D eigenvalue weighted by Crippen LogP contribution is -2.39. The molecule has 2 heterocycles. The van der Waals surface area contributed by atoms with Gasteiger partial charge in [-0.15, -0.1) is 0 Å². The molecule has 3 N–H and O–H groups in total. The summed E-state index contributed by atoms with van der Waals surface area (Å²) in [5.74, 6) is -2.30. The van der Waals surface area contributed by atoms with Crippen LogP contribution in [-0.2, 0) is 4.74 Å². The maximum Gasteiger partial charge on any atom is 0.258 e. The van der Waals surface area contributed by atoms with Gasteiger partial charge >= 0.3 is 0 Å². The molecule has 1 aromatic heterocycles. The number of halogens is 2. The number of carbonyl (C=O) groups excluding carboxylic acids is 1. The molecule has 4 rings (SSSR count). The van der Waals surface area contributed by atoms with E-state index in [1.807, 2.05) is 0 Å². The predicted octanol–water partition coefficient (Wildman–Crippen LogP) is 2.84. The first-order chi connectivity index (χ1) is 14.1. The number of rotatable bonds is 6. The Kier molecular flexibility index (Phi) is 5.68. The zero-order valence-corrected chi connectivity index (χ0v) is 15.7. The molecule has 0 aliphatic carbocycles. The first kappa shape index (κ1) is 19.3. The number of hydrogen-bond acceptors (Lipinski definition) is 5. The molecule has 1 amide bonds. The first-order valence-electron chi connectivity index (χ1n) is 9.37. The van der Waals surface area contributed by atoms with E-state index in [4.69, 9.17) is 4.74 Å². The minimum absolute atomic E-state index is 0.0927. The molecular weight excluding hydrogens is 380 g/mol. The number of aromatic amines is 1. The maximum absolute atomic E-state index is 14.2. The molecule has 0 radical (unpaired) electrons. The summed E-state index contributed by atoms with van der Waals surface area (Å²) < 4.78 is 33.7. The number of anilines is 2. The van der Waals surface area contributed by atoms with E-state index in [1.54, 1.807) is 24.4 Å². The lowest BCUT2D eigenvalue weighted by Gasteiger charge is -2.26. The van der Waals surface area contributed by atoms with Crippen molar-refractivity contribution in [1.82, 2.24) is 15.1 Å². The van der Waals surface area contributed by atoms with Gasteiger partial charge in [-0.05, 0) is 24.3 Å². The molecule has 1 aliphatic rings. The van der Waals surface area contributed by atoms with E-state index < -0.39 is 17.5 Å². The molecule has 3 aromatic rings. The first-order valence-corrected chi connectivity index (χ1v) is 9.37. The van der Waals surface area contributed by atoms with Crippen molar-refractivity contribution in [1.29, 1.82) is 0 Å². The molecule has 7 nitrogen and oxygen atoms in total. The summed E-state index contributed by atoms with van der Waals surface area (Å²) >= 11 is 0. The van der Waals surface area contributed by atoms with E-state index in [9.17, 15) is 13.6 Å². The molecule has 1 saturated heterocycles. The third-order valence-corrected chi connectivity index (χ3v) is 4.85. The summed E-state index contributed by atoms with van der Waals surface area (Å²) in [6.07, 6.45) is 1.62. The predicted molar refractivity (Wildman–Crippen MR) is 106 cm³/mol. The monoisotopic (exact) mass is 401 g/mol. The van der Waals surface area contributed by atoms with Gasteiger partial charge in [0, 0.05) is 43.3 Å². The molecule has 152 valence electrons. The minimum Gasteiger partial charge on any atom is -0.381 e. The van der Waals surface area contributed by atoms with E-state index in [0.29, 0.717) is 32.0 Å². The van der Waals surface area contributed by atoms with Crippen LogP contribution in [0.5, 0.6) is 0 Å². The Bertz CT molecular complexity index is 1020. The van der Waals surface area contributed by atoms with E-state index in [0.717, 1.165) is 30.1 Å². The van der Waals surface area contributed by atoms with Crippen molar-refractivity contribution < 1.29 is 18.3 Å². The zero-order chi connectivity index (χ0) is 20.2. The Morgan fingerprint density at radius 3 is 2.83 bits per heavy atom. The average molecular weight is 401 g/mol. The number of hydrogen-bond donors (Lipinski definition) is 3. The topological polar surface area (TPSA) is 82.3 Å². The van der Waals surface area contributed by atoms with Gasteiger partial charge in [-0.25, -0.2) is 8.78 Å². The van der Waals surface area contributed by atoms with Crippen LogP contribution in [0.15, 0.2) is 36.5 Å². The fraction of sp³-hybridized carbons (Fsp3) is 0.300. The number of nitrogens with one attached hydrogen (secondary N) is 3. The van der Waals surface area contributed by atoms with Crippen LogP contribution in [0.4, 0.5) is 20.2 Å². The van der Waals surface area contributed by atoms with E-state index in [2.05, 4.69) is 25.7 Å². The Balaban J connectivity index is 1.44. The highest BCUT2D eigenvalue weighted by Crippen LogP contribution is 2.22. The number of aromatic nitrogens is 2. The highest BCUT2D eigenvalue weighted by atomic mass is 19.1. The van der Waals surface area contributed by atoms with Gasteiger partial charge in [-0.3, -0.25) is 14.8 Å². The van der Waals surface area contributed by atoms with Crippen LogP contribution in [0.3, 0.4) is 0 Å². The summed E-state index contributed by atoms with van der Waals surface area (Å²) in [4.78, 5) is 14.7. The van der Waals surface area contributed by atoms with Crippen LogP contribution in [0.2, 0.25) is 0 Å². The zero-order valence-electron chi connectivity index (χ0n) is 15.7. The summed E-state index contributed by atoms with van der Waals surface area (Å²) in [5, 5.41) is 13.1. The second-order valence-corrected chi connectivity index (χ2v) is 6.82. The van der Waals surface area contributed by atoms with Gasteiger partial charge in [0.25, 0.3) is 5.91 Å². The van der Waals surface area contributed by atoms with Crippen LogP contribution in [0.1, 0.15) is 10.4 Å². The van der Waals surface area contributed by atoms with Gasteiger partial charge < -0.3 is 15.4 Å². The molecule has 0 spiro atoms. The van der Waals surface area contributed by atoms with Gasteiger partial charge in [0.05, 0.1) is 36.2 Å². The molecule has 29 heavy (non-hydrogen) atoms. The SMILES string of the molecule is O=C(Nc1ccc2[nH]ncc2c1)c1cc(NCCN2CCOCC2)c(F)cc1F. The minimum atomic E-state index is -0.914. The molecule has 1 fully saturated rings. The fourth-order valence-electron chi connectivity index (χ4n) is 3.25. The van der Waals surface area contributed by atoms with Gasteiger partial charge in [0.15, 0.2) is 0 Å². The van der Waals surface area contributed by atoms with Gasteiger partial charge in [-0.2, -0.15) is 5.10 Å². The Morgan fingerprint density at radius 2 is 2.00 bits per heavy atom. The lowest BCUT2D eigenvalue weighted by molar-refractivity contribution is 0.0398. The van der Waals surface area contributed by atoms with Crippen LogP contribution in [-0.4, -0.2) is 60.4 Å². The number of morpholine rings is 1. The van der Waals surface area contributed by atoms with Crippen molar-refractivity contribution in [3.8, 4) is 0 Å². The lowest BCUT2D eigenvalue weighted by atomic mass is 10.1. The van der Waals surface area contributed by atoms with E-state index >= 15 is 0 Å². The molecule has 9 heteroatoms. The largest absolute Gasteiger partial charge is 0.381 e. The van der Waals surface area contributed by atoms with E-state index in [1.165, 1.54) is 6.07 Å². The second kappa shape index (κ2) is 8.54. The average Bonchev–Trinajstić information content (AvgIpc) is 3.18.